The molecule has 0 aliphatic heterocycles. The summed E-state index contributed by atoms with van der Waals surface area (Å²) < 4.78 is 33.3. The predicted molar refractivity (Wildman–Crippen MR) is 63.5 cm³/mol. The molecule has 0 heterocycles. The Kier molecular flexibility index (Phi) is 5.59. The normalized spacial score (nSPS) is 9.95. The number of esters is 1. The van der Waals surface area contributed by atoms with Crippen LogP contribution in [0.25, 0.3) is 0 Å². The molecule has 0 bridgehead atoms. The summed E-state index contributed by atoms with van der Waals surface area (Å²) in [5, 5.41) is 8.90. The molecule has 1 rings (SSSR count). The zero-order chi connectivity index (χ0) is 15.1. The van der Waals surface area contributed by atoms with Crippen LogP contribution >= 0.6 is 0 Å². The topological polar surface area (TPSA) is 76.4 Å². The molecule has 0 aliphatic carbocycles. The second-order valence-electron chi connectivity index (χ2n) is 3.63. The number of carbonyl (C=O) groups is 2. The van der Waals surface area contributed by atoms with Gasteiger partial charge in [0.1, 0.15) is 11.8 Å². The van der Waals surface area contributed by atoms with E-state index >= 15 is 0 Å². The molecule has 106 valence electrons. The van der Waals surface area contributed by atoms with E-state index in [0.717, 1.165) is 12.1 Å². The van der Waals surface area contributed by atoms with Crippen molar-refractivity contribution in [2.24, 2.45) is 0 Å². The standard InChI is InChI=1S/C13H11F2NO4/c1-2-19-12(18)5-8-3-10(20-13(14)15)4-9(6-16)11(8)7-17/h3-4,7,13H,2,5H2,1H3. The molecular weight excluding hydrogens is 272 g/mol. The quantitative estimate of drug-likeness (QED) is 0.590. The maximum absolute atomic E-state index is 12.2. The summed E-state index contributed by atoms with van der Waals surface area (Å²) in [5.41, 5.74) is -0.0761. The Hall–Kier alpha value is -2.49. The van der Waals surface area contributed by atoms with Gasteiger partial charge in [0, 0.05) is 5.56 Å². The van der Waals surface area contributed by atoms with Gasteiger partial charge in [-0.2, -0.15) is 14.0 Å². The average Bonchev–Trinajstić information content (AvgIpc) is 2.37. The summed E-state index contributed by atoms with van der Waals surface area (Å²) >= 11 is 0. The number of rotatable bonds is 6. The van der Waals surface area contributed by atoms with Gasteiger partial charge in [0.05, 0.1) is 18.6 Å². The lowest BCUT2D eigenvalue weighted by Gasteiger charge is -2.10. The van der Waals surface area contributed by atoms with E-state index in [4.69, 9.17) is 10.00 Å². The van der Waals surface area contributed by atoms with Crippen molar-refractivity contribution in [2.75, 3.05) is 6.61 Å². The van der Waals surface area contributed by atoms with E-state index in [2.05, 4.69) is 4.74 Å². The summed E-state index contributed by atoms with van der Waals surface area (Å²) in [4.78, 5) is 22.4. The maximum Gasteiger partial charge on any atom is 0.387 e. The fourth-order valence-corrected chi connectivity index (χ4v) is 1.60. The minimum Gasteiger partial charge on any atom is -0.466 e. The van der Waals surface area contributed by atoms with Gasteiger partial charge in [-0.25, -0.2) is 0 Å². The highest BCUT2D eigenvalue weighted by Crippen LogP contribution is 2.23. The molecule has 0 spiro atoms. The number of halogens is 2. The number of hydrogen-bond acceptors (Lipinski definition) is 5. The zero-order valence-electron chi connectivity index (χ0n) is 10.6. The summed E-state index contributed by atoms with van der Waals surface area (Å²) in [6.07, 6.45) is 0.0797. The van der Waals surface area contributed by atoms with Gasteiger partial charge in [-0.3, -0.25) is 9.59 Å². The number of hydrogen-bond donors (Lipinski definition) is 0. The Bertz CT molecular complexity index is 552. The first-order valence-electron chi connectivity index (χ1n) is 5.64. The number of nitriles is 1. The van der Waals surface area contributed by atoms with Crippen molar-refractivity contribution in [1.82, 2.24) is 0 Å². The minimum absolute atomic E-state index is 0.0397. The molecule has 1 aromatic rings. The molecular formula is C13H11F2NO4. The SMILES string of the molecule is CCOC(=O)Cc1cc(OC(F)F)cc(C#N)c1C=O. The molecule has 0 fully saturated rings. The Morgan fingerprint density at radius 1 is 1.50 bits per heavy atom. The van der Waals surface area contributed by atoms with E-state index in [9.17, 15) is 18.4 Å². The van der Waals surface area contributed by atoms with Gasteiger partial charge in [0.15, 0.2) is 6.29 Å². The molecule has 20 heavy (non-hydrogen) atoms. The lowest BCUT2D eigenvalue weighted by molar-refractivity contribution is -0.142. The monoisotopic (exact) mass is 283 g/mol. The number of ether oxygens (including phenoxy) is 2. The van der Waals surface area contributed by atoms with Crippen LogP contribution in [0.5, 0.6) is 5.75 Å². The van der Waals surface area contributed by atoms with E-state index in [1.165, 1.54) is 0 Å². The van der Waals surface area contributed by atoms with E-state index in [1.807, 2.05) is 0 Å². The fourth-order valence-electron chi connectivity index (χ4n) is 1.60. The van der Waals surface area contributed by atoms with Crippen LogP contribution in [0.4, 0.5) is 8.78 Å². The Balaban J connectivity index is 3.20. The molecule has 0 saturated heterocycles. The van der Waals surface area contributed by atoms with Crippen LogP contribution in [0.3, 0.4) is 0 Å². The Labute approximate surface area is 113 Å². The number of alkyl halides is 2. The molecule has 1 aromatic carbocycles. The summed E-state index contributed by atoms with van der Waals surface area (Å²) in [6.45, 7) is -1.32. The van der Waals surface area contributed by atoms with Crippen molar-refractivity contribution >= 4 is 12.3 Å². The Morgan fingerprint density at radius 3 is 2.70 bits per heavy atom. The predicted octanol–water partition coefficient (Wildman–Crippen LogP) is 2.08. The number of benzene rings is 1. The van der Waals surface area contributed by atoms with Crippen molar-refractivity contribution in [3.8, 4) is 11.8 Å². The van der Waals surface area contributed by atoms with Crippen molar-refractivity contribution in [3.63, 3.8) is 0 Å². The molecule has 0 unspecified atom stereocenters. The van der Waals surface area contributed by atoms with E-state index < -0.39 is 12.6 Å². The van der Waals surface area contributed by atoms with Gasteiger partial charge in [-0.1, -0.05) is 0 Å². The van der Waals surface area contributed by atoms with Gasteiger partial charge in [-0.15, -0.1) is 0 Å². The molecule has 0 radical (unpaired) electrons. The third-order valence-electron chi connectivity index (χ3n) is 2.34. The second kappa shape index (κ2) is 7.19. The smallest absolute Gasteiger partial charge is 0.387 e. The lowest BCUT2D eigenvalue weighted by atomic mass is 10.00. The van der Waals surface area contributed by atoms with Gasteiger partial charge in [0.25, 0.3) is 0 Å². The summed E-state index contributed by atoms with van der Waals surface area (Å²) in [7, 11) is 0. The first-order valence-corrected chi connectivity index (χ1v) is 5.64. The summed E-state index contributed by atoms with van der Waals surface area (Å²) in [6, 6.07) is 3.83. The molecule has 7 heteroatoms. The third kappa shape index (κ3) is 4.02. The van der Waals surface area contributed by atoms with Gasteiger partial charge in [0.2, 0.25) is 0 Å². The zero-order valence-corrected chi connectivity index (χ0v) is 10.6. The fraction of sp³-hybridized carbons (Fsp3) is 0.308. The largest absolute Gasteiger partial charge is 0.466 e. The summed E-state index contributed by atoms with van der Waals surface area (Å²) in [5.74, 6) is -0.921. The first kappa shape index (κ1) is 15.6. The van der Waals surface area contributed by atoms with Gasteiger partial charge >= 0.3 is 12.6 Å². The maximum atomic E-state index is 12.2. The van der Waals surface area contributed by atoms with Crippen LogP contribution in [0.15, 0.2) is 12.1 Å². The Morgan fingerprint density at radius 2 is 2.20 bits per heavy atom. The van der Waals surface area contributed by atoms with Crippen molar-refractivity contribution < 1.29 is 27.8 Å². The van der Waals surface area contributed by atoms with Crippen LogP contribution in [-0.2, 0) is 16.0 Å². The van der Waals surface area contributed by atoms with Gasteiger partial charge < -0.3 is 9.47 Å². The molecule has 0 aliphatic rings. The lowest BCUT2D eigenvalue weighted by Crippen LogP contribution is -2.11. The average molecular weight is 283 g/mol. The number of carbonyl (C=O) groups excluding carboxylic acids is 2. The first-order chi connectivity index (χ1) is 9.51. The van der Waals surface area contributed by atoms with Crippen LogP contribution in [0.2, 0.25) is 0 Å². The van der Waals surface area contributed by atoms with Crippen molar-refractivity contribution in [1.29, 1.82) is 5.26 Å². The van der Waals surface area contributed by atoms with Crippen LogP contribution in [0, 0.1) is 11.3 Å². The third-order valence-corrected chi connectivity index (χ3v) is 2.34. The highest BCUT2D eigenvalue weighted by Gasteiger charge is 2.16. The highest BCUT2D eigenvalue weighted by atomic mass is 19.3. The molecule has 5 nitrogen and oxygen atoms in total. The number of aldehydes is 1. The molecule has 0 saturated carbocycles. The minimum atomic E-state index is -3.07. The highest BCUT2D eigenvalue weighted by molar-refractivity contribution is 5.85. The van der Waals surface area contributed by atoms with Gasteiger partial charge in [-0.05, 0) is 24.6 Å². The molecule has 0 atom stereocenters. The number of nitrogens with zero attached hydrogens (tertiary/aromatic N) is 1. The van der Waals surface area contributed by atoms with Crippen LogP contribution in [0.1, 0.15) is 28.4 Å². The van der Waals surface area contributed by atoms with Crippen molar-refractivity contribution in [2.45, 2.75) is 20.0 Å². The molecule has 0 N–H and O–H groups in total. The second-order valence-corrected chi connectivity index (χ2v) is 3.63. The molecule has 0 amide bonds. The molecule has 0 aromatic heterocycles. The van der Waals surface area contributed by atoms with Crippen LogP contribution < -0.4 is 4.74 Å². The van der Waals surface area contributed by atoms with E-state index in [0.29, 0.717) is 6.29 Å². The van der Waals surface area contributed by atoms with Crippen molar-refractivity contribution in [3.05, 3.63) is 28.8 Å². The van der Waals surface area contributed by atoms with E-state index in [1.54, 1.807) is 13.0 Å². The van der Waals surface area contributed by atoms with E-state index in [-0.39, 0.29) is 35.5 Å². The van der Waals surface area contributed by atoms with Crippen LogP contribution in [-0.4, -0.2) is 25.5 Å².